The van der Waals surface area contributed by atoms with Crippen LogP contribution >= 0.6 is 0 Å². The van der Waals surface area contributed by atoms with E-state index in [9.17, 15) is 9.18 Å². The van der Waals surface area contributed by atoms with E-state index in [4.69, 9.17) is 9.72 Å². The Labute approximate surface area is 173 Å². The number of aromatic nitrogens is 3. The van der Waals surface area contributed by atoms with Crippen molar-refractivity contribution in [2.45, 2.75) is 6.54 Å². The molecule has 0 aliphatic rings. The Balaban J connectivity index is 1.79. The third-order valence-corrected chi connectivity index (χ3v) is 4.74. The van der Waals surface area contributed by atoms with Crippen molar-refractivity contribution in [1.29, 1.82) is 0 Å². The van der Waals surface area contributed by atoms with Gasteiger partial charge >= 0.3 is 0 Å². The van der Waals surface area contributed by atoms with Gasteiger partial charge in [0.2, 0.25) is 0 Å². The maximum Gasteiger partial charge on any atom is 0.252 e. The summed E-state index contributed by atoms with van der Waals surface area (Å²) in [6, 6.07) is 17.8. The van der Waals surface area contributed by atoms with Crippen molar-refractivity contribution in [1.82, 2.24) is 20.1 Å². The Morgan fingerprint density at radius 2 is 1.97 bits per heavy atom. The van der Waals surface area contributed by atoms with Gasteiger partial charge in [-0.2, -0.15) is 5.10 Å². The van der Waals surface area contributed by atoms with Crippen LogP contribution in [0.5, 0.6) is 0 Å². The molecule has 0 bridgehead atoms. The van der Waals surface area contributed by atoms with Crippen LogP contribution in [-0.2, 0) is 11.3 Å². The van der Waals surface area contributed by atoms with Crippen molar-refractivity contribution in [3.63, 3.8) is 0 Å². The largest absolute Gasteiger partial charge is 0.383 e. The molecule has 6 nitrogen and oxygen atoms in total. The van der Waals surface area contributed by atoms with Gasteiger partial charge in [0.05, 0.1) is 36.0 Å². The van der Waals surface area contributed by atoms with Crippen LogP contribution in [0.4, 0.5) is 4.39 Å². The number of amides is 1. The molecule has 0 unspecified atom stereocenters. The Hall–Kier alpha value is -3.58. The molecule has 4 rings (SSSR count). The molecule has 0 atom stereocenters. The first-order valence-electron chi connectivity index (χ1n) is 9.59. The Kier molecular flexibility index (Phi) is 5.81. The fraction of sp³-hybridized carbons (Fsp3) is 0.174. The first kappa shape index (κ1) is 19.7. The molecule has 0 radical (unpaired) electrons. The van der Waals surface area contributed by atoms with Gasteiger partial charge in [0, 0.05) is 19.2 Å². The second kappa shape index (κ2) is 8.84. The number of halogens is 1. The minimum atomic E-state index is -0.305. The zero-order valence-corrected chi connectivity index (χ0v) is 16.5. The van der Waals surface area contributed by atoms with E-state index >= 15 is 0 Å². The van der Waals surface area contributed by atoms with Gasteiger partial charge in [-0.25, -0.2) is 14.1 Å². The van der Waals surface area contributed by atoms with E-state index in [0.29, 0.717) is 42.0 Å². The fourth-order valence-electron chi connectivity index (χ4n) is 3.28. The highest BCUT2D eigenvalue weighted by atomic mass is 19.1. The van der Waals surface area contributed by atoms with Gasteiger partial charge in [-0.1, -0.05) is 42.5 Å². The minimum absolute atomic E-state index is 0.220. The van der Waals surface area contributed by atoms with Crippen LogP contribution in [0.1, 0.15) is 15.9 Å². The first-order chi connectivity index (χ1) is 14.7. The summed E-state index contributed by atoms with van der Waals surface area (Å²) in [6.45, 7) is 1.17. The number of nitrogens with one attached hydrogen (secondary N) is 1. The van der Waals surface area contributed by atoms with Crippen LogP contribution in [0.2, 0.25) is 0 Å². The van der Waals surface area contributed by atoms with Gasteiger partial charge in [0.15, 0.2) is 5.65 Å². The third kappa shape index (κ3) is 4.21. The lowest BCUT2D eigenvalue weighted by atomic mass is 10.1. The fourth-order valence-corrected chi connectivity index (χ4v) is 3.28. The predicted molar refractivity (Wildman–Crippen MR) is 113 cm³/mol. The van der Waals surface area contributed by atoms with Crippen molar-refractivity contribution in [3.8, 4) is 11.3 Å². The number of hydrogen-bond acceptors (Lipinski definition) is 4. The number of methoxy groups -OCH3 is 1. The van der Waals surface area contributed by atoms with E-state index in [1.807, 2.05) is 36.4 Å². The normalized spacial score (nSPS) is 11.0. The van der Waals surface area contributed by atoms with Crippen LogP contribution in [0.25, 0.3) is 22.3 Å². The molecule has 30 heavy (non-hydrogen) atoms. The summed E-state index contributed by atoms with van der Waals surface area (Å²) < 4.78 is 20.3. The zero-order chi connectivity index (χ0) is 20.9. The highest BCUT2D eigenvalue weighted by molar-refractivity contribution is 6.06. The molecule has 4 aromatic rings. The Morgan fingerprint density at radius 3 is 2.73 bits per heavy atom. The number of carbonyl (C=O) groups excluding carboxylic acids is 1. The molecule has 0 fully saturated rings. The van der Waals surface area contributed by atoms with E-state index in [0.717, 1.165) is 11.1 Å². The van der Waals surface area contributed by atoms with Crippen LogP contribution in [0.3, 0.4) is 0 Å². The maximum atomic E-state index is 13.6. The van der Waals surface area contributed by atoms with Gasteiger partial charge in [0.1, 0.15) is 5.82 Å². The smallest absolute Gasteiger partial charge is 0.252 e. The van der Waals surface area contributed by atoms with Crippen molar-refractivity contribution < 1.29 is 13.9 Å². The van der Waals surface area contributed by atoms with E-state index in [2.05, 4.69) is 10.4 Å². The Morgan fingerprint density at radius 1 is 1.13 bits per heavy atom. The third-order valence-electron chi connectivity index (χ3n) is 4.74. The van der Waals surface area contributed by atoms with Crippen LogP contribution in [0, 0.1) is 5.82 Å². The summed E-state index contributed by atoms with van der Waals surface area (Å²) in [5.41, 5.74) is 3.38. The standard InChI is InChI=1S/C23H21FN4O2/c1-30-11-10-25-23(29)19-13-21(17-7-3-2-4-8-17)27-22-20(19)14-26-28(22)15-16-6-5-9-18(24)12-16/h2-9,12-14H,10-11,15H2,1H3,(H,25,29). The molecule has 0 aliphatic carbocycles. The number of carbonyl (C=O) groups is 1. The second-order valence-corrected chi connectivity index (χ2v) is 6.84. The molecule has 2 aromatic carbocycles. The molecule has 0 aliphatic heterocycles. The van der Waals surface area contributed by atoms with E-state index in [-0.39, 0.29) is 11.7 Å². The Bertz CT molecular complexity index is 1170. The van der Waals surface area contributed by atoms with Gasteiger partial charge in [0.25, 0.3) is 5.91 Å². The number of rotatable bonds is 7. The van der Waals surface area contributed by atoms with Gasteiger partial charge < -0.3 is 10.1 Å². The highest BCUT2D eigenvalue weighted by Gasteiger charge is 2.17. The van der Waals surface area contributed by atoms with Crippen molar-refractivity contribution in [2.75, 3.05) is 20.3 Å². The summed E-state index contributed by atoms with van der Waals surface area (Å²) in [7, 11) is 1.58. The lowest BCUT2D eigenvalue weighted by Crippen LogP contribution is -2.27. The van der Waals surface area contributed by atoms with Crippen molar-refractivity contribution >= 4 is 16.9 Å². The molecule has 0 spiro atoms. The topological polar surface area (TPSA) is 69.0 Å². The van der Waals surface area contributed by atoms with Gasteiger partial charge in [-0.15, -0.1) is 0 Å². The summed E-state index contributed by atoms with van der Waals surface area (Å²) in [5.74, 6) is -0.526. The average Bonchev–Trinajstić information content (AvgIpc) is 3.16. The molecule has 1 N–H and O–H groups in total. The zero-order valence-electron chi connectivity index (χ0n) is 16.5. The molecular formula is C23H21FN4O2. The summed E-state index contributed by atoms with van der Waals surface area (Å²) in [6.07, 6.45) is 1.63. The lowest BCUT2D eigenvalue weighted by molar-refractivity contribution is 0.0938. The first-order valence-corrected chi connectivity index (χ1v) is 9.59. The van der Waals surface area contributed by atoms with Gasteiger partial charge in [-0.3, -0.25) is 4.79 Å². The van der Waals surface area contributed by atoms with E-state index in [1.165, 1.54) is 12.1 Å². The maximum absolute atomic E-state index is 13.6. The predicted octanol–water partition coefficient (Wildman–Crippen LogP) is 3.66. The molecule has 0 saturated carbocycles. The number of pyridine rings is 1. The number of hydrogen-bond donors (Lipinski definition) is 1. The number of benzene rings is 2. The number of nitrogens with zero attached hydrogens (tertiary/aromatic N) is 3. The molecular weight excluding hydrogens is 383 g/mol. The molecule has 2 aromatic heterocycles. The summed E-state index contributed by atoms with van der Waals surface area (Å²) in [4.78, 5) is 17.6. The minimum Gasteiger partial charge on any atom is -0.383 e. The van der Waals surface area contributed by atoms with Crippen LogP contribution < -0.4 is 5.32 Å². The summed E-state index contributed by atoms with van der Waals surface area (Å²) in [5, 5.41) is 7.92. The van der Waals surface area contributed by atoms with Crippen molar-refractivity contribution in [2.24, 2.45) is 0 Å². The van der Waals surface area contributed by atoms with Gasteiger partial charge in [-0.05, 0) is 23.8 Å². The molecule has 7 heteroatoms. The second-order valence-electron chi connectivity index (χ2n) is 6.84. The summed E-state index contributed by atoms with van der Waals surface area (Å²) >= 11 is 0. The molecule has 1 amide bonds. The van der Waals surface area contributed by atoms with Crippen LogP contribution in [-0.4, -0.2) is 40.9 Å². The van der Waals surface area contributed by atoms with E-state index < -0.39 is 0 Å². The highest BCUT2D eigenvalue weighted by Crippen LogP contribution is 2.25. The average molecular weight is 404 g/mol. The molecule has 152 valence electrons. The SMILES string of the molecule is COCCNC(=O)c1cc(-c2ccccc2)nc2c1cnn2Cc1cccc(F)c1. The lowest BCUT2D eigenvalue weighted by Gasteiger charge is -2.10. The molecule has 2 heterocycles. The number of fused-ring (bicyclic) bond motifs is 1. The van der Waals surface area contributed by atoms with Crippen molar-refractivity contribution in [3.05, 3.63) is 83.8 Å². The molecule has 0 saturated heterocycles. The van der Waals surface area contributed by atoms with E-state index in [1.54, 1.807) is 30.1 Å². The van der Waals surface area contributed by atoms with Crippen LogP contribution in [0.15, 0.2) is 66.9 Å². The monoisotopic (exact) mass is 404 g/mol. The quantitative estimate of drug-likeness (QED) is 0.477. The number of ether oxygens (including phenoxy) is 1.